The van der Waals surface area contributed by atoms with Gasteiger partial charge in [0.05, 0.1) is 0 Å². The van der Waals surface area contributed by atoms with E-state index in [-0.39, 0.29) is 23.8 Å². The molecule has 28 heavy (non-hydrogen) atoms. The van der Waals surface area contributed by atoms with Crippen LogP contribution in [0.3, 0.4) is 0 Å². The van der Waals surface area contributed by atoms with Crippen LogP contribution in [-0.4, -0.2) is 25.0 Å². The molecule has 0 aromatic heterocycles. The monoisotopic (exact) mass is 382 g/mol. The Morgan fingerprint density at radius 1 is 0.964 bits per heavy atom. The molecule has 0 fully saturated rings. The van der Waals surface area contributed by atoms with Gasteiger partial charge in [0.15, 0.2) is 6.61 Å². The molecule has 0 saturated heterocycles. The minimum Gasteiger partial charge on any atom is -0.484 e. The zero-order chi connectivity index (χ0) is 20.7. The summed E-state index contributed by atoms with van der Waals surface area (Å²) in [6, 6.07) is 14.6. The van der Waals surface area contributed by atoms with Gasteiger partial charge in [0.2, 0.25) is 0 Å². The fraction of sp³-hybridized carbons (Fsp3) is 0.391. The molecule has 0 spiro atoms. The van der Waals surface area contributed by atoms with Crippen molar-refractivity contribution in [1.29, 1.82) is 0 Å². The van der Waals surface area contributed by atoms with E-state index in [0.29, 0.717) is 29.5 Å². The van der Waals surface area contributed by atoms with Crippen molar-refractivity contribution in [2.45, 2.75) is 40.0 Å². The van der Waals surface area contributed by atoms with Crippen LogP contribution in [0.2, 0.25) is 0 Å². The number of rotatable bonds is 7. The third kappa shape index (κ3) is 6.72. The standard InChI is InChI=1S/C23H30N2O3/c1-16(2)14-24-21(26)15-28-20-12-10-19(11-13-20)25-22(27)17-6-8-18(9-7-17)23(3,4)5/h6-13,16H,14-15H2,1-5H3,(H,24,26)(H,25,27). The number of benzene rings is 2. The number of carbonyl (C=O) groups is 2. The van der Waals surface area contributed by atoms with Crippen LogP contribution < -0.4 is 15.4 Å². The molecule has 0 atom stereocenters. The lowest BCUT2D eigenvalue weighted by atomic mass is 9.87. The second-order valence-corrected chi connectivity index (χ2v) is 8.29. The van der Waals surface area contributed by atoms with E-state index in [1.807, 2.05) is 38.1 Å². The van der Waals surface area contributed by atoms with Crippen molar-refractivity contribution in [3.8, 4) is 5.75 Å². The fourth-order valence-electron chi connectivity index (χ4n) is 2.48. The van der Waals surface area contributed by atoms with Gasteiger partial charge < -0.3 is 15.4 Å². The highest BCUT2D eigenvalue weighted by Crippen LogP contribution is 2.22. The molecule has 0 saturated carbocycles. The lowest BCUT2D eigenvalue weighted by molar-refractivity contribution is -0.123. The Kier molecular flexibility index (Phi) is 7.21. The van der Waals surface area contributed by atoms with Crippen LogP contribution in [0.15, 0.2) is 48.5 Å². The Labute approximate surface area is 167 Å². The van der Waals surface area contributed by atoms with Crippen molar-refractivity contribution in [2.75, 3.05) is 18.5 Å². The number of hydrogen-bond donors (Lipinski definition) is 2. The summed E-state index contributed by atoms with van der Waals surface area (Å²) in [4.78, 5) is 24.1. The summed E-state index contributed by atoms with van der Waals surface area (Å²) < 4.78 is 5.46. The van der Waals surface area contributed by atoms with Crippen molar-refractivity contribution >= 4 is 17.5 Å². The molecule has 2 rings (SSSR count). The van der Waals surface area contributed by atoms with E-state index in [1.54, 1.807) is 24.3 Å². The summed E-state index contributed by atoms with van der Waals surface area (Å²) in [5, 5.41) is 5.67. The highest BCUT2D eigenvalue weighted by molar-refractivity contribution is 6.04. The first-order valence-electron chi connectivity index (χ1n) is 9.56. The van der Waals surface area contributed by atoms with E-state index in [2.05, 4.69) is 31.4 Å². The van der Waals surface area contributed by atoms with E-state index in [1.165, 1.54) is 5.56 Å². The van der Waals surface area contributed by atoms with E-state index in [0.717, 1.165) is 0 Å². The van der Waals surface area contributed by atoms with Crippen LogP contribution >= 0.6 is 0 Å². The molecular formula is C23H30N2O3. The Hall–Kier alpha value is -2.82. The molecule has 2 amide bonds. The summed E-state index contributed by atoms with van der Waals surface area (Å²) in [5.74, 6) is 0.663. The van der Waals surface area contributed by atoms with Gasteiger partial charge >= 0.3 is 0 Å². The van der Waals surface area contributed by atoms with Crippen LogP contribution in [0, 0.1) is 5.92 Å². The third-order valence-corrected chi connectivity index (χ3v) is 4.20. The second-order valence-electron chi connectivity index (χ2n) is 8.29. The van der Waals surface area contributed by atoms with E-state index < -0.39 is 0 Å². The van der Waals surface area contributed by atoms with Gasteiger partial charge in [0.1, 0.15) is 5.75 Å². The number of amides is 2. The summed E-state index contributed by atoms with van der Waals surface area (Å²) in [7, 11) is 0. The molecule has 0 bridgehead atoms. The normalized spacial score (nSPS) is 11.2. The first-order valence-corrected chi connectivity index (χ1v) is 9.56. The van der Waals surface area contributed by atoms with Crippen molar-refractivity contribution in [3.63, 3.8) is 0 Å². The number of ether oxygens (including phenoxy) is 1. The molecule has 0 unspecified atom stereocenters. The fourth-order valence-corrected chi connectivity index (χ4v) is 2.48. The number of carbonyl (C=O) groups excluding carboxylic acids is 2. The zero-order valence-electron chi connectivity index (χ0n) is 17.3. The molecular weight excluding hydrogens is 352 g/mol. The molecule has 0 aliphatic rings. The van der Waals surface area contributed by atoms with Gasteiger partial charge in [-0.05, 0) is 53.3 Å². The van der Waals surface area contributed by atoms with Crippen LogP contribution in [0.25, 0.3) is 0 Å². The average Bonchev–Trinajstić information content (AvgIpc) is 2.65. The van der Waals surface area contributed by atoms with Crippen LogP contribution in [0.4, 0.5) is 5.69 Å². The third-order valence-electron chi connectivity index (χ3n) is 4.20. The van der Waals surface area contributed by atoms with Crippen molar-refractivity contribution < 1.29 is 14.3 Å². The molecule has 150 valence electrons. The predicted octanol–water partition coefficient (Wildman–Crippen LogP) is 4.39. The maximum atomic E-state index is 12.4. The average molecular weight is 383 g/mol. The Balaban J connectivity index is 1.88. The van der Waals surface area contributed by atoms with Crippen molar-refractivity contribution in [3.05, 3.63) is 59.7 Å². The minimum atomic E-state index is -0.165. The zero-order valence-corrected chi connectivity index (χ0v) is 17.3. The quantitative estimate of drug-likeness (QED) is 0.746. The lowest BCUT2D eigenvalue weighted by Gasteiger charge is -2.19. The van der Waals surface area contributed by atoms with E-state index in [9.17, 15) is 9.59 Å². The summed E-state index contributed by atoms with van der Waals surface area (Å²) >= 11 is 0. The molecule has 2 aromatic rings. The molecule has 0 aliphatic carbocycles. The Morgan fingerprint density at radius 2 is 1.57 bits per heavy atom. The summed E-state index contributed by atoms with van der Waals surface area (Å²) in [5.41, 5.74) is 2.51. The van der Waals surface area contributed by atoms with Gasteiger partial charge in [-0.15, -0.1) is 0 Å². The van der Waals surface area contributed by atoms with E-state index >= 15 is 0 Å². The minimum absolute atomic E-state index is 0.0292. The van der Waals surface area contributed by atoms with Gasteiger partial charge in [-0.2, -0.15) is 0 Å². The highest BCUT2D eigenvalue weighted by atomic mass is 16.5. The Morgan fingerprint density at radius 3 is 2.11 bits per heavy atom. The maximum Gasteiger partial charge on any atom is 0.257 e. The molecule has 0 aliphatic heterocycles. The predicted molar refractivity (Wildman–Crippen MR) is 113 cm³/mol. The summed E-state index contributed by atoms with van der Waals surface area (Å²) in [6.07, 6.45) is 0. The van der Waals surface area contributed by atoms with Crippen LogP contribution in [0.1, 0.15) is 50.5 Å². The molecule has 2 N–H and O–H groups in total. The van der Waals surface area contributed by atoms with Gasteiger partial charge in [-0.1, -0.05) is 46.8 Å². The van der Waals surface area contributed by atoms with Crippen molar-refractivity contribution in [1.82, 2.24) is 5.32 Å². The smallest absolute Gasteiger partial charge is 0.257 e. The number of nitrogens with one attached hydrogen (secondary N) is 2. The van der Waals surface area contributed by atoms with Gasteiger partial charge in [0.25, 0.3) is 11.8 Å². The lowest BCUT2D eigenvalue weighted by Crippen LogP contribution is -2.31. The molecule has 5 nitrogen and oxygen atoms in total. The van der Waals surface area contributed by atoms with Crippen molar-refractivity contribution in [2.24, 2.45) is 5.92 Å². The summed E-state index contributed by atoms with van der Waals surface area (Å²) in [6.45, 7) is 11.1. The van der Waals surface area contributed by atoms with Crippen LogP contribution in [-0.2, 0) is 10.2 Å². The van der Waals surface area contributed by atoms with Crippen LogP contribution in [0.5, 0.6) is 5.75 Å². The van der Waals surface area contributed by atoms with Gasteiger partial charge in [-0.25, -0.2) is 0 Å². The molecule has 0 heterocycles. The Bertz CT molecular complexity index is 788. The van der Waals surface area contributed by atoms with Gasteiger partial charge in [-0.3, -0.25) is 9.59 Å². The molecule has 2 aromatic carbocycles. The number of hydrogen-bond acceptors (Lipinski definition) is 3. The van der Waals surface area contributed by atoms with Gasteiger partial charge in [0, 0.05) is 17.8 Å². The maximum absolute atomic E-state index is 12.4. The molecule has 5 heteroatoms. The first-order chi connectivity index (χ1) is 13.1. The topological polar surface area (TPSA) is 67.4 Å². The largest absolute Gasteiger partial charge is 0.484 e. The second kappa shape index (κ2) is 9.40. The van der Waals surface area contributed by atoms with E-state index in [4.69, 9.17) is 4.74 Å². The number of anilines is 1. The highest BCUT2D eigenvalue weighted by Gasteiger charge is 2.14. The molecule has 0 radical (unpaired) electrons. The first kappa shape index (κ1) is 21.5. The SMILES string of the molecule is CC(C)CNC(=O)COc1ccc(NC(=O)c2ccc(C(C)(C)C)cc2)cc1.